The van der Waals surface area contributed by atoms with Gasteiger partial charge in [-0.15, -0.1) is 0 Å². The van der Waals surface area contributed by atoms with Crippen LogP contribution in [0.5, 0.6) is 0 Å². The summed E-state index contributed by atoms with van der Waals surface area (Å²) >= 11 is 0. The van der Waals surface area contributed by atoms with Crippen LogP contribution in [-0.2, 0) is 14.3 Å². The van der Waals surface area contributed by atoms with E-state index in [2.05, 4.69) is 5.32 Å². The fraction of sp³-hybridized carbons (Fsp3) is 0.923. The van der Waals surface area contributed by atoms with Crippen molar-refractivity contribution >= 4 is 5.97 Å². The van der Waals surface area contributed by atoms with Gasteiger partial charge in [0.1, 0.15) is 0 Å². The Hall–Kier alpha value is -0.650. The smallest absolute Gasteiger partial charge is 0.306 e. The number of carboxylic acid groups (broad SMARTS) is 1. The molecule has 2 N–H and O–H groups in total. The SMILES string of the molecule is CO[C@@H]1CN[C@H](CO[C@H]2CC[C@H](C(=O)O)CC2)C1. The summed E-state index contributed by atoms with van der Waals surface area (Å²) in [5, 5.41) is 12.3. The molecule has 1 heterocycles. The molecule has 1 aliphatic carbocycles. The molecule has 5 nitrogen and oxygen atoms in total. The van der Waals surface area contributed by atoms with E-state index in [9.17, 15) is 4.79 Å². The van der Waals surface area contributed by atoms with Crippen molar-refractivity contribution in [2.24, 2.45) is 5.92 Å². The van der Waals surface area contributed by atoms with Crippen LogP contribution in [0.15, 0.2) is 0 Å². The van der Waals surface area contributed by atoms with Crippen LogP contribution in [0.3, 0.4) is 0 Å². The maximum atomic E-state index is 10.8. The summed E-state index contributed by atoms with van der Waals surface area (Å²) in [5.74, 6) is -0.818. The van der Waals surface area contributed by atoms with Crippen molar-refractivity contribution in [1.82, 2.24) is 5.32 Å². The van der Waals surface area contributed by atoms with Crippen LogP contribution in [0.4, 0.5) is 0 Å². The number of methoxy groups -OCH3 is 1. The molecule has 5 heteroatoms. The number of hydrogen-bond acceptors (Lipinski definition) is 4. The van der Waals surface area contributed by atoms with Crippen LogP contribution in [0.25, 0.3) is 0 Å². The van der Waals surface area contributed by atoms with Crippen molar-refractivity contribution in [2.75, 3.05) is 20.3 Å². The Morgan fingerprint density at radius 3 is 2.56 bits per heavy atom. The van der Waals surface area contributed by atoms with E-state index in [0.29, 0.717) is 18.8 Å². The summed E-state index contributed by atoms with van der Waals surface area (Å²) in [6.45, 7) is 1.61. The van der Waals surface area contributed by atoms with Gasteiger partial charge in [-0.1, -0.05) is 0 Å². The zero-order valence-electron chi connectivity index (χ0n) is 10.9. The second-order valence-corrected chi connectivity index (χ2v) is 5.34. The van der Waals surface area contributed by atoms with Gasteiger partial charge in [-0.2, -0.15) is 0 Å². The van der Waals surface area contributed by atoms with Crippen molar-refractivity contribution in [1.29, 1.82) is 0 Å². The third-order valence-electron chi connectivity index (χ3n) is 4.07. The van der Waals surface area contributed by atoms with Crippen LogP contribution < -0.4 is 5.32 Å². The molecule has 18 heavy (non-hydrogen) atoms. The first kappa shape index (κ1) is 13.8. The molecule has 1 aliphatic heterocycles. The van der Waals surface area contributed by atoms with Gasteiger partial charge in [0, 0.05) is 19.7 Å². The molecule has 0 bridgehead atoms. The molecule has 1 saturated heterocycles. The van der Waals surface area contributed by atoms with E-state index >= 15 is 0 Å². The van der Waals surface area contributed by atoms with Gasteiger partial charge < -0.3 is 19.9 Å². The quantitative estimate of drug-likeness (QED) is 0.770. The van der Waals surface area contributed by atoms with Crippen molar-refractivity contribution < 1.29 is 19.4 Å². The fourth-order valence-corrected chi connectivity index (χ4v) is 2.82. The first-order valence-electron chi connectivity index (χ1n) is 6.79. The predicted octanol–water partition coefficient (Wildman–Crippen LogP) is 1.02. The fourth-order valence-electron chi connectivity index (χ4n) is 2.82. The summed E-state index contributed by atoms with van der Waals surface area (Å²) in [5.41, 5.74) is 0. The van der Waals surface area contributed by atoms with E-state index < -0.39 is 5.97 Å². The van der Waals surface area contributed by atoms with Gasteiger partial charge in [0.25, 0.3) is 0 Å². The Morgan fingerprint density at radius 1 is 1.28 bits per heavy atom. The average molecular weight is 257 g/mol. The van der Waals surface area contributed by atoms with Gasteiger partial charge in [0.15, 0.2) is 0 Å². The summed E-state index contributed by atoms with van der Waals surface area (Å²) in [6.07, 6.45) is 4.79. The molecule has 0 amide bonds. The van der Waals surface area contributed by atoms with Crippen molar-refractivity contribution in [2.45, 2.75) is 50.4 Å². The van der Waals surface area contributed by atoms with E-state index in [1.54, 1.807) is 7.11 Å². The minimum absolute atomic E-state index is 0.160. The highest BCUT2D eigenvalue weighted by molar-refractivity contribution is 5.70. The monoisotopic (exact) mass is 257 g/mol. The lowest BCUT2D eigenvalue weighted by Gasteiger charge is -2.27. The van der Waals surface area contributed by atoms with Crippen LogP contribution >= 0.6 is 0 Å². The van der Waals surface area contributed by atoms with Gasteiger partial charge in [0.05, 0.1) is 24.7 Å². The minimum atomic E-state index is -0.658. The topological polar surface area (TPSA) is 67.8 Å². The molecule has 104 valence electrons. The van der Waals surface area contributed by atoms with Gasteiger partial charge in [-0.05, 0) is 32.1 Å². The maximum Gasteiger partial charge on any atom is 0.306 e. The summed E-state index contributed by atoms with van der Waals surface area (Å²) in [4.78, 5) is 10.8. The largest absolute Gasteiger partial charge is 0.481 e. The molecular weight excluding hydrogens is 234 g/mol. The van der Waals surface area contributed by atoms with Crippen LogP contribution in [0.2, 0.25) is 0 Å². The number of ether oxygens (including phenoxy) is 2. The molecule has 0 unspecified atom stereocenters. The van der Waals surface area contributed by atoms with Crippen molar-refractivity contribution in [3.8, 4) is 0 Å². The number of hydrogen-bond donors (Lipinski definition) is 2. The van der Waals surface area contributed by atoms with Crippen LogP contribution in [-0.4, -0.2) is 49.6 Å². The molecule has 0 aromatic carbocycles. The van der Waals surface area contributed by atoms with E-state index in [1.807, 2.05) is 0 Å². The zero-order chi connectivity index (χ0) is 13.0. The molecule has 2 aliphatic rings. The normalized spacial score (nSPS) is 36.7. The lowest BCUT2D eigenvalue weighted by Crippen LogP contribution is -2.32. The highest BCUT2D eigenvalue weighted by atomic mass is 16.5. The number of aliphatic carboxylic acids is 1. The Morgan fingerprint density at radius 2 is 2.00 bits per heavy atom. The molecular formula is C13H23NO4. The third-order valence-corrected chi connectivity index (χ3v) is 4.07. The Labute approximate surface area is 108 Å². The predicted molar refractivity (Wildman–Crippen MR) is 66.5 cm³/mol. The second kappa shape index (κ2) is 6.50. The van der Waals surface area contributed by atoms with Gasteiger partial charge in [-0.3, -0.25) is 4.79 Å². The summed E-state index contributed by atoms with van der Waals surface area (Å²) in [7, 11) is 1.74. The molecule has 0 aromatic heterocycles. The summed E-state index contributed by atoms with van der Waals surface area (Å²) in [6, 6.07) is 0.382. The number of nitrogens with one attached hydrogen (secondary N) is 1. The molecule has 2 rings (SSSR count). The molecule has 2 atom stereocenters. The molecule has 1 saturated carbocycles. The summed E-state index contributed by atoms with van der Waals surface area (Å²) < 4.78 is 11.2. The average Bonchev–Trinajstić information content (AvgIpc) is 2.85. The molecule has 0 radical (unpaired) electrons. The third kappa shape index (κ3) is 3.67. The van der Waals surface area contributed by atoms with Gasteiger partial charge >= 0.3 is 5.97 Å². The zero-order valence-corrected chi connectivity index (χ0v) is 10.9. The van der Waals surface area contributed by atoms with E-state index in [0.717, 1.165) is 38.6 Å². The highest BCUT2D eigenvalue weighted by Gasteiger charge is 2.28. The highest BCUT2D eigenvalue weighted by Crippen LogP contribution is 2.26. The van der Waals surface area contributed by atoms with E-state index in [4.69, 9.17) is 14.6 Å². The number of carboxylic acids is 1. The number of rotatable bonds is 5. The standard InChI is InChI=1S/C13H23NO4/c1-17-12-6-10(14-7-12)8-18-11-4-2-9(3-5-11)13(15)16/h9-12,14H,2-8H2,1H3,(H,15,16)/t9-,10-,11-,12-/m0/s1. The van der Waals surface area contributed by atoms with Gasteiger partial charge in [0.2, 0.25) is 0 Å². The number of carbonyl (C=O) groups is 1. The molecule has 0 spiro atoms. The van der Waals surface area contributed by atoms with Crippen LogP contribution in [0, 0.1) is 5.92 Å². The van der Waals surface area contributed by atoms with E-state index in [-0.39, 0.29) is 12.0 Å². The van der Waals surface area contributed by atoms with Gasteiger partial charge in [-0.25, -0.2) is 0 Å². The molecule has 2 fully saturated rings. The van der Waals surface area contributed by atoms with Crippen molar-refractivity contribution in [3.63, 3.8) is 0 Å². The Bertz CT molecular complexity index is 276. The minimum Gasteiger partial charge on any atom is -0.481 e. The van der Waals surface area contributed by atoms with Crippen molar-refractivity contribution in [3.05, 3.63) is 0 Å². The Kier molecular flexibility index (Phi) is 4.97. The van der Waals surface area contributed by atoms with Crippen LogP contribution in [0.1, 0.15) is 32.1 Å². The molecule has 0 aromatic rings. The lowest BCUT2D eigenvalue weighted by atomic mass is 9.87. The lowest BCUT2D eigenvalue weighted by molar-refractivity contribution is -0.143. The second-order valence-electron chi connectivity index (χ2n) is 5.34. The van der Waals surface area contributed by atoms with E-state index in [1.165, 1.54) is 0 Å². The maximum absolute atomic E-state index is 10.8. The Balaban J connectivity index is 1.62. The first-order chi connectivity index (χ1) is 8.69. The first-order valence-corrected chi connectivity index (χ1v) is 6.79.